The summed E-state index contributed by atoms with van der Waals surface area (Å²) in [6, 6.07) is 14.9. The van der Waals surface area contributed by atoms with Crippen molar-refractivity contribution in [3.63, 3.8) is 0 Å². The molecule has 0 aliphatic carbocycles. The van der Waals surface area contributed by atoms with Crippen molar-refractivity contribution < 1.29 is 0 Å². The standard InChI is InChI=1S/C18H17N3/c19-18-16-7-9-20-11-14(16)5-6-17(18)21-10-8-13-3-1-2-4-15(13)12-21/h1-7,9,11H,8,10,12,19H2. The predicted octanol–water partition coefficient (Wildman–Crippen LogP) is 3.38. The summed E-state index contributed by atoms with van der Waals surface area (Å²) in [6.45, 7) is 1.94. The Morgan fingerprint density at radius 3 is 2.76 bits per heavy atom. The van der Waals surface area contributed by atoms with Crippen LogP contribution < -0.4 is 10.6 Å². The Balaban J connectivity index is 1.76. The number of rotatable bonds is 1. The minimum atomic E-state index is 0.856. The van der Waals surface area contributed by atoms with Crippen molar-refractivity contribution in [2.24, 2.45) is 0 Å². The fourth-order valence-corrected chi connectivity index (χ4v) is 3.16. The van der Waals surface area contributed by atoms with E-state index in [2.05, 4.69) is 46.3 Å². The fraction of sp³-hybridized carbons (Fsp3) is 0.167. The summed E-state index contributed by atoms with van der Waals surface area (Å²) in [5, 5.41) is 2.18. The van der Waals surface area contributed by atoms with Gasteiger partial charge in [-0.25, -0.2) is 0 Å². The van der Waals surface area contributed by atoms with E-state index in [-0.39, 0.29) is 0 Å². The van der Waals surface area contributed by atoms with Crippen LogP contribution in [-0.4, -0.2) is 11.5 Å². The van der Waals surface area contributed by atoms with Crippen molar-refractivity contribution in [3.05, 3.63) is 66.0 Å². The smallest absolute Gasteiger partial charge is 0.0632 e. The van der Waals surface area contributed by atoms with E-state index in [1.165, 1.54) is 11.1 Å². The third-order valence-electron chi connectivity index (χ3n) is 4.31. The maximum Gasteiger partial charge on any atom is 0.0632 e. The monoisotopic (exact) mass is 275 g/mol. The van der Waals surface area contributed by atoms with Crippen LogP contribution in [0.25, 0.3) is 10.8 Å². The minimum Gasteiger partial charge on any atom is -0.397 e. The van der Waals surface area contributed by atoms with Gasteiger partial charge in [-0.15, -0.1) is 0 Å². The van der Waals surface area contributed by atoms with E-state index in [0.717, 1.165) is 41.7 Å². The normalized spacial score (nSPS) is 14.2. The van der Waals surface area contributed by atoms with E-state index >= 15 is 0 Å². The van der Waals surface area contributed by atoms with E-state index in [1.54, 1.807) is 6.20 Å². The lowest BCUT2D eigenvalue weighted by atomic mass is 9.99. The van der Waals surface area contributed by atoms with Gasteiger partial charge < -0.3 is 10.6 Å². The molecule has 0 unspecified atom stereocenters. The molecule has 0 spiro atoms. The maximum atomic E-state index is 6.40. The summed E-state index contributed by atoms with van der Waals surface area (Å²) in [4.78, 5) is 6.53. The highest BCUT2D eigenvalue weighted by Gasteiger charge is 2.18. The van der Waals surface area contributed by atoms with Gasteiger partial charge in [0.2, 0.25) is 0 Å². The second kappa shape index (κ2) is 4.77. The Kier molecular flexibility index (Phi) is 2.78. The molecule has 3 heteroatoms. The molecule has 0 bridgehead atoms. The molecule has 1 aliphatic rings. The number of nitrogens with two attached hydrogens (primary N) is 1. The molecule has 0 amide bonds. The van der Waals surface area contributed by atoms with Gasteiger partial charge in [0, 0.05) is 36.3 Å². The molecule has 0 radical (unpaired) electrons. The lowest BCUT2D eigenvalue weighted by molar-refractivity contribution is 0.733. The number of hydrogen-bond acceptors (Lipinski definition) is 3. The van der Waals surface area contributed by atoms with Crippen molar-refractivity contribution in [2.75, 3.05) is 17.2 Å². The zero-order valence-corrected chi connectivity index (χ0v) is 11.8. The van der Waals surface area contributed by atoms with Crippen LogP contribution in [0.2, 0.25) is 0 Å². The summed E-state index contributed by atoms with van der Waals surface area (Å²) in [7, 11) is 0. The number of aromatic nitrogens is 1. The quantitative estimate of drug-likeness (QED) is 0.692. The number of fused-ring (bicyclic) bond motifs is 2. The minimum absolute atomic E-state index is 0.856. The summed E-state index contributed by atoms with van der Waals surface area (Å²) in [5.41, 5.74) is 11.2. The van der Waals surface area contributed by atoms with Gasteiger partial charge in [-0.2, -0.15) is 0 Å². The van der Waals surface area contributed by atoms with Gasteiger partial charge in [0.25, 0.3) is 0 Å². The van der Waals surface area contributed by atoms with Gasteiger partial charge in [0.05, 0.1) is 11.4 Å². The molecule has 1 aromatic heterocycles. The average molecular weight is 275 g/mol. The van der Waals surface area contributed by atoms with Gasteiger partial charge in [0.15, 0.2) is 0 Å². The van der Waals surface area contributed by atoms with Gasteiger partial charge in [0.1, 0.15) is 0 Å². The highest BCUT2D eigenvalue weighted by molar-refractivity contribution is 5.98. The number of benzene rings is 2. The second-order valence-corrected chi connectivity index (χ2v) is 5.54. The third-order valence-corrected chi connectivity index (χ3v) is 4.31. The van der Waals surface area contributed by atoms with Gasteiger partial charge >= 0.3 is 0 Å². The van der Waals surface area contributed by atoms with Crippen LogP contribution in [0.4, 0.5) is 11.4 Å². The van der Waals surface area contributed by atoms with Crippen molar-refractivity contribution >= 4 is 22.1 Å². The van der Waals surface area contributed by atoms with Gasteiger partial charge in [-0.05, 0) is 29.7 Å². The summed E-state index contributed by atoms with van der Waals surface area (Å²) in [5.74, 6) is 0. The summed E-state index contributed by atoms with van der Waals surface area (Å²) in [6.07, 6.45) is 4.74. The molecular formula is C18H17N3. The zero-order valence-electron chi connectivity index (χ0n) is 11.8. The Hall–Kier alpha value is -2.55. The first-order chi connectivity index (χ1) is 10.3. The molecule has 2 N–H and O–H groups in total. The third kappa shape index (κ3) is 2.02. The van der Waals surface area contributed by atoms with Crippen LogP contribution in [0.1, 0.15) is 11.1 Å². The predicted molar refractivity (Wildman–Crippen MR) is 87.4 cm³/mol. The van der Waals surface area contributed by atoms with Crippen LogP contribution >= 0.6 is 0 Å². The highest BCUT2D eigenvalue weighted by Crippen LogP contribution is 2.33. The van der Waals surface area contributed by atoms with Crippen LogP contribution in [-0.2, 0) is 13.0 Å². The lowest BCUT2D eigenvalue weighted by Gasteiger charge is -2.32. The lowest BCUT2D eigenvalue weighted by Crippen LogP contribution is -2.30. The summed E-state index contributed by atoms with van der Waals surface area (Å²) >= 11 is 0. The first kappa shape index (κ1) is 12.2. The number of anilines is 2. The SMILES string of the molecule is Nc1c(N2CCc3ccccc3C2)ccc2cnccc12. The van der Waals surface area contributed by atoms with Crippen LogP contribution in [0, 0.1) is 0 Å². The van der Waals surface area contributed by atoms with Gasteiger partial charge in [-0.1, -0.05) is 30.3 Å². The number of nitrogen functional groups attached to an aromatic ring is 1. The Morgan fingerprint density at radius 1 is 1.00 bits per heavy atom. The first-order valence-corrected chi connectivity index (χ1v) is 7.27. The van der Waals surface area contributed by atoms with Crippen LogP contribution in [0.15, 0.2) is 54.9 Å². The Morgan fingerprint density at radius 2 is 1.86 bits per heavy atom. The molecule has 2 aromatic carbocycles. The fourth-order valence-electron chi connectivity index (χ4n) is 3.16. The van der Waals surface area contributed by atoms with Crippen LogP contribution in [0.3, 0.4) is 0 Å². The Labute approximate surface area is 124 Å². The first-order valence-electron chi connectivity index (χ1n) is 7.27. The molecule has 0 saturated carbocycles. The highest BCUT2D eigenvalue weighted by atomic mass is 15.1. The van der Waals surface area contributed by atoms with Crippen molar-refractivity contribution in [2.45, 2.75) is 13.0 Å². The molecule has 3 nitrogen and oxygen atoms in total. The van der Waals surface area contributed by atoms with E-state index in [9.17, 15) is 0 Å². The molecular weight excluding hydrogens is 258 g/mol. The molecule has 0 saturated heterocycles. The van der Waals surface area contributed by atoms with Gasteiger partial charge in [-0.3, -0.25) is 4.98 Å². The number of hydrogen-bond donors (Lipinski definition) is 1. The molecule has 1 aliphatic heterocycles. The topological polar surface area (TPSA) is 42.1 Å². The maximum absolute atomic E-state index is 6.40. The van der Waals surface area contributed by atoms with E-state index in [1.807, 2.05) is 12.3 Å². The zero-order chi connectivity index (χ0) is 14.2. The largest absolute Gasteiger partial charge is 0.397 e. The number of pyridine rings is 1. The number of nitrogens with zero attached hydrogens (tertiary/aromatic N) is 2. The molecule has 2 heterocycles. The summed E-state index contributed by atoms with van der Waals surface area (Å²) < 4.78 is 0. The van der Waals surface area contributed by atoms with E-state index in [0.29, 0.717) is 0 Å². The van der Waals surface area contributed by atoms with Crippen LogP contribution in [0.5, 0.6) is 0 Å². The molecule has 3 aromatic rings. The molecule has 21 heavy (non-hydrogen) atoms. The second-order valence-electron chi connectivity index (χ2n) is 5.54. The molecule has 4 rings (SSSR count). The Bertz CT molecular complexity index is 810. The van der Waals surface area contributed by atoms with Crippen molar-refractivity contribution in [3.8, 4) is 0 Å². The average Bonchev–Trinajstić information content (AvgIpc) is 2.55. The molecule has 0 fully saturated rings. The molecule has 0 atom stereocenters. The van der Waals surface area contributed by atoms with E-state index < -0.39 is 0 Å². The van der Waals surface area contributed by atoms with Crippen molar-refractivity contribution in [1.82, 2.24) is 4.98 Å². The van der Waals surface area contributed by atoms with Crippen molar-refractivity contribution in [1.29, 1.82) is 0 Å². The molecule has 104 valence electrons. The van der Waals surface area contributed by atoms with E-state index in [4.69, 9.17) is 5.73 Å².